The largest absolute Gasteiger partial charge is 1.00 e. The van der Waals surface area contributed by atoms with Gasteiger partial charge in [0.25, 0.3) is 0 Å². The number of piperazine rings is 1. The number of benzene rings is 6. The molecule has 10 aromatic rings. The predicted octanol–water partition coefficient (Wildman–Crippen LogP) is 0.511. The van der Waals surface area contributed by atoms with Gasteiger partial charge in [-0.05, 0) is 119 Å². The van der Waals surface area contributed by atoms with E-state index in [0.717, 1.165) is 93.0 Å². The number of pyridine rings is 2. The van der Waals surface area contributed by atoms with Gasteiger partial charge in [-0.15, -0.1) is 10.2 Å². The summed E-state index contributed by atoms with van der Waals surface area (Å²) >= 11 is 0. The number of nitrogens with zero attached hydrogens (tertiary/aromatic N) is 10. The lowest BCUT2D eigenvalue weighted by Crippen LogP contribution is -3.00. The molecule has 15 rings (SSSR count). The molecule has 4 aromatic heterocycles. The van der Waals surface area contributed by atoms with Crippen molar-refractivity contribution in [1.29, 1.82) is 0 Å². The number of rotatable bonds is 14. The molecule has 9 heterocycles. The normalized spacial score (nSPS) is 15.0. The van der Waals surface area contributed by atoms with Crippen molar-refractivity contribution in [2.24, 2.45) is 0 Å². The maximum atomic E-state index is 13.9. The van der Waals surface area contributed by atoms with E-state index < -0.39 is 20.0 Å². The fourth-order valence-corrected chi connectivity index (χ4v) is 14.5. The standard InChI is InChI=1S/C60H52N10O12S2.2ClH/c1-75-53-13-3-37-23-51-47-27-57-55(79-35-81-57)25-39(47)15-17-65(51)31-49(37)59(53)77-33-41-29-69(63-61-41)43-5-9-45(10-6-43)83(71,72)67-19-21-68(22-20-67)84(73,74)46-11-7-44(8-12-46)70-30-42(62-64-70)34-78-60-50-32-66-18-16-40-26-56-58(82-36-80-56)28-48(40)52(66)24-38(50)4-14-54(60)76-2;;/h3-14,23-32H,15-22,33-36H2,1-2H3;2*1H/q+2;;/p-2. The highest BCUT2D eigenvalue weighted by atomic mass is 35.5. The Kier molecular flexibility index (Phi) is 14.6. The number of aryl methyl sites for hydroxylation is 4. The van der Waals surface area contributed by atoms with Crippen molar-refractivity contribution in [1.82, 2.24) is 38.6 Å². The van der Waals surface area contributed by atoms with Crippen LogP contribution in [0.25, 0.3) is 55.4 Å². The Hall–Kier alpha value is -8.78. The molecule has 0 N–H and O–H groups in total. The van der Waals surface area contributed by atoms with E-state index in [1.54, 1.807) is 60.2 Å². The first-order valence-corrected chi connectivity index (χ1v) is 30.1. The molecule has 0 aliphatic carbocycles. The fourth-order valence-electron chi connectivity index (χ4n) is 11.7. The van der Waals surface area contributed by atoms with Crippen molar-refractivity contribution < 1.29 is 88.7 Å². The molecule has 86 heavy (non-hydrogen) atoms. The topological polar surface area (TPSA) is 218 Å². The highest BCUT2D eigenvalue weighted by molar-refractivity contribution is 7.89. The number of ether oxygens (including phenoxy) is 8. The Bertz CT molecular complexity index is 4270. The number of hydrogen-bond donors (Lipinski definition) is 0. The van der Waals surface area contributed by atoms with Crippen LogP contribution in [0.4, 0.5) is 0 Å². The molecule has 0 amide bonds. The fraction of sp³-hybridized carbons (Fsp3) is 0.233. The first-order valence-electron chi connectivity index (χ1n) is 27.2. The molecule has 0 atom stereocenters. The molecule has 5 aliphatic rings. The van der Waals surface area contributed by atoms with E-state index in [0.29, 0.717) is 45.8 Å². The van der Waals surface area contributed by atoms with Gasteiger partial charge in [0.05, 0.1) is 69.7 Å². The van der Waals surface area contributed by atoms with Gasteiger partial charge < -0.3 is 62.7 Å². The lowest BCUT2D eigenvalue weighted by Gasteiger charge is -2.33. The smallest absolute Gasteiger partial charge is 0.243 e. The first-order chi connectivity index (χ1) is 40.9. The zero-order valence-electron chi connectivity index (χ0n) is 46.1. The zero-order chi connectivity index (χ0) is 56.8. The Morgan fingerprint density at radius 2 is 0.907 bits per heavy atom. The van der Waals surface area contributed by atoms with Gasteiger partial charge in [0.2, 0.25) is 45.0 Å². The lowest BCUT2D eigenvalue weighted by atomic mass is 9.95. The second kappa shape index (κ2) is 22.3. The van der Waals surface area contributed by atoms with E-state index in [-0.39, 0.29) is 87.6 Å². The van der Waals surface area contributed by atoms with Crippen LogP contribution in [-0.2, 0) is 59.2 Å². The summed E-state index contributed by atoms with van der Waals surface area (Å²) < 4.78 is 113. The van der Waals surface area contributed by atoms with Crippen molar-refractivity contribution in [3.63, 3.8) is 0 Å². The van der Waals surface area contributed by atoms with E-state index in [4.69, 9.17) is 37.9 Å². The molecule has 6 aromatic carbocycles. The maximum Gasteiger partial charge on any atom is 0.243 e. The van der Waals surface area contributed by atoms with E-state index in [9.17, 15) is 16.8 Å². The van der Waals surface area contributed by atoms with Gasteiger partial charge in [-0.25, -0.2) is 26.2 Å². The summed E-state index contributed by atoms with van der Waals surface area (Å²) in [5, 5.41) is 21.0. The molecule has 26 heteroatoms. The first kappa shape index (κ1) is 56.4. The minimum Gasteiger partial charge on any atom is -1.00 e. The van der Waals surface area contributed by atoms with Crippen LogP contribution in [0.2, 0.25) is 0 Å². The van der Waals surface area contributed by atoms with Crippen LogP contribution in [0.15, 0.2) is 144 Å². The molecule has 0 saturated carbocycles. The van der Waals surface area contributed by atoms with Crippen molar-refractivity contribution in [2.45, 2.75) is 48.9 Å². The molecular formula is C60H52Cl2N10O12S2. The van der Waals surface area contributed by atoms with E-state index in [2.05, 4.69) is 66.4 Å². The number of methoxy groups -OCH3 is 2. The highest BCUT2D eigenvalue weighted by Crippen LogP contribution is 2.44. The average Bonchev–Trinajstić information content (AvgIpc) is 1.89. The Labute approximate surface area is 505 Å². The third kappa shape index (κ3) is 9.84. The molecule has 0 radical (unpaired) electrons. The molecule has 0 bridgehead atoms. The van der Waals surface area contributed by atoms with Crippen molar-refractivity contribution in [3.8, 4) is 79.9 Å². The van der Waals surface area contributed by atoms with Gasteiger partial charge >= 0.3 is 0 Å². The van der Waals surface area contributed by atoms with E-state index >= 15 is 0 Å². The van der Waals surface area contributed by atoms with Crippen LogP contribution in [0, 0.1) is 0 Å². The molecule has 1 fully saturated rings. The molecule has 440 valence electrons. The molecule has 0 unspecified atom stereocenters. The van der Waals surface area contributed by atoms with E-state index in [1.807, 2.05) is 36.4 Å². The summed E-state index contributed by atoms with van der Waals surface area (Å²) in [6.45, 7) is 2.02. The maximum absolute atomic E-state index is 13.9. The second-order valence-corrected chi connectivity index (χ2v) is 24.7. The summed E-state index contributed by atoms with van der Waals surface area (Å²) in [7, 11) is -4.74. The molecule has 22 nitrogen and oxygen atoms in total. The minimum absolute atomic E-state index is 0. The lowest BCUT2D eigenvalue weighted by molar-refractivity contribution is -0.686. The van der Waals surface area contributed by atoms with Crippen LogP contribution in [-0.4, -0.2) is 109 Å². The third-order valence-electron chi connectivity index (χ3n) is 16.1. The Balaban J connectivity index is 0.00000343. The van der Waals surface area contributed by atoms with Gasteiger partial charge in [0, 0.05) is 51.2 Å². The van der Waals surface area contributed by atoms with Crippen LogP contribution >= 0.6 is 0 Å². The van der Waals surface area contributed by atoms with Crippen LogP contribution in [0.1, 0.15) is 22.5 Å². The summed E-state index contributed by atoms with van der Waals surface area (Å²) in [6, 6.07) is 33.0. The monoisotopic (exact) mass is 1240 g/mol. The number of fused-ring (bicyclic) bond motifs is 10. The molecule has 1 saturated heterocycles. The van der Waals surface area contributed by atoms with Gasteiger partial charge in [-0.1, -0.05) is 10.4 Å². The highest BCUT2D eigenvalue weighted by Gasteiger charge is 2.35. The van der Waals surface area contributed by atoms with Crippen molar-refractivity contribution in [3.05, 3.63) is 156 Å². The Morgan fingerprint density at radius 3 is 1.30 bits per heavy atom. The summed E-state index contributed by atoms with van der Waals surface area (Å²) in [4.78, 5) is 0.130. The number of hydrogen-bond acceptors (Lipinski definition) is 16. The third-order valence-corrected chi connectivity index (χ3v) is 19.9. The molecular weight excluding hydrogens is 1190 g/mol. The molecule has 5 aliphatic heterocycles. The molecule has 0 spiro atoms. The summed E-state index contributed by atoms with van der Waals surface area (Å²) in [5.74, 6) is 5.32. The van der Waals surface area contributed by atoms with Crippen LogP contribution in [0.5, 0.6) is 46.0 Å². The number of sulfonamides is 2. The number of aromatic nitrogens is 8. The number of halogens is 2. The predicted molar refractivity (Wildman–Crippen MR) is 301 cm³/mol. The summed E-state index contributed by atoms with van der Waals surface area (Å²) in [5.41, 5.74) is 9.00. The van der Waals surface area contributed by atoms with Gasteiger partial charge in [-0.3, -0.25) is 0 Å². The zero-order valence-corrected chi connectivity index (χ0v) is 49.3. The second-order valence-electron chi connectivity index (χ2n) is 20.8. The van der Waals surface area contributed by atoms with Gasteiger partial charge in [-0.2, -0.15) is 17.7 Å². The van der Waals surface area contributed by atoms with E-state index in [1.165, 1.54) is 44.0 Å². The van der Waals surface area contributed by atoms with Crippen molar-refractivity contribution in [2.75, 3.05) is 54.0 Å². The van der Waals surface area contributed by atoms with Gasteiger partial charge in [0.15, 0.2) is 71.5 Å². The quantitative estimate of drug-likeness (QED) is 0.136. The van der Waals surface area contributed by atoms with Gasteiger partial charge in [0.1, 0.15) is 24.6 Å². The summed E-state index contributed by atoms with van der Waals surface area (Å²) in [6.07, 6.45) is 9.29. The van der Waals surface area contributed by atoms with Crippen molar-refractivity contribution >= 4 is 41.6 Å². The minimum atomic E-state index is -3.97. The average molecular weight is 1240 g/mol. The SMILES string of the molecule is COc1ccc2cc3[n+](cc2c1OCc1cn(-c2ccc(S(=O)(=O)N4CCN(S(=O)(=O)c5ccc(-n6cc(COc7c(OC)ccc8cc9[n+](cc78)CCc7cc8c(cc7-9)OCO8)nn6)cc5)CC4)cc2)nn1)CCc1cc2c(cc1-3)OCO2.[Cl-].[Cl-]. The Morgan fingerprint density at radius 1 is 0.512 bits per heavy atom. The van der Waals surface area contributed by atoms with Crippen LogP contribution in [0.3, 0.4) is 0 Å². The van der Waals surface area contributed by atoms with Crippen LogP contribution < -0.4 is 71.8 Å².